The Labute approximate surface area is 309 Å². The van der Waals surface area contributed by atoms with E-state index in [-0.39, 0.29) is 56.3 Å². The van der Waals surface area contributed by atoms with Crippen LogP contribution in [0.1, 0.15) is 179 Å². The molecular formula is C38H63KO3S. The standard InChI is InChI=1S/C38H64O3S.K/c1-3-5-7-9-11-13-15-17-19-21-23-25-28-34-32-36-31-27-30-35(38(36)37(33-34)42(39,40)41)29-26-24-22-20-18-16-14-12-10-8-6-4-2;/h27,30-33H,3-26,28-29H2,1-2H3,(H,39,40,41);/q;+1/p-1. The van der Waals surface area contributed by atoms with Gasteiger partial charge in [0.2, 0.25) is 0 Å². The maximum atomic E-state index is 12.3. The summed E-state index contributed by atoms with van der Waals surface area (Å²) < 4.78 is 37.0. The Morgan fingerprint density at radius 1 is 0.535 bits per heavy atom. The molecule has 0 aliphatic carbocycles. The molecule has 43 heavy (non-hydrogen) atoms. The third-order valence-corrected chi connectivity index (χ3v) is 9.84. The second-order valence-corrected chi connectivity index (χ2v) is 14.2. The van der Waals surface area contributed by atoms with Crippen LogP contribution in [0.2, 0.25) is 0 Å². The molecule has 5 heteroatoms. The summed E-state index contributed by atoms with van der Waals surface area (Å²) >= 11 is 0. The van der Waals surface area contributed by atoms with Gasteiger partial charge in [-0.1, -0.05) is 179 Å². The second kappa shape index (κ2) is 26.3. The van der Waals surface area contributed by atoms with Gasteiger partial charge in [0.15, 0.2) is 0 Å². The van der Waals surface area contributed by atoms with Gasteiger partial charge in [-0.25, -0.2) is 8.42 Å². The van der Waals surface area contributed by atoms with Crippen molar-refractivity contribution in [3.63, 3.8) is 0 Å². The number of rotatable bonds is 27. The van der Waals surface area contributed by atoms with Crippen molar-refractivity contribution in [2.45, 2.75) is 186 Å². The summed E-state index contributed by atoms with van der Waals surface area (Å²) in [6, 6.07) is 9.80. The van der Waals surface area contributed by atoms with Crippen LogP contribution in [0.25, 0.3) is 10.8 Å². The van der Waals surface area contributed by atoms with Gasteiger partial charge >= 0.3 is 51.4 Å². The van der Waals surface area contributed by atoms with Gasteiger partial charge in [-0.05, 0) is 48.3 Å². The van der Waals surface area contributed by atoms with Gasteiger partial charge < -0.3 is 4.55 Å². The first-order valence-corrected chi connectivity index (χ1v) is 19.4. The first kappa shape index (κ1) is 41.3. The molecule has 0 aromatic heterocycles. The number of aryl methyl sites for hydroxylation is 2. The Balaban J connectivity index is 0.00000924. The van der Waals surface area contributed by atoms with Crippen molar-refractivity contribution in [2.75, 3.05) is 0 Å². The van der Waals surface area contributed by atoms with E-state index in [2.05, 4.69) is 19.9 Å². The monoisotopic (exact) mass is 638 g/mol. The van der Waals surface area contributed by atoms with Crippen molar-refractivity contribution in [1.82, 2.24) is 0 Å². The first-order valence-electron chi connectivity index (χ1n) is 18.0. The van der Waals surface area contributed by atoms with E-state index in [1.54, 1.807) is 6.07 Å². The Kier molecular flexibility index (Phi) is 25.3. The molecule has 0 atom stereocenters. The van der Waals surface area contributed by atoms with Crippen molar-refractivity contribution in [3.05, 3.63) is 41.5 Å². The summed E-state index contributed by atoms with van der Waals surface area (Å²) in [5, 5.41) is 1.56. The fourth-order valence-electron chi connectivity index (χ4n) is 6.40. The van der Waals surface area contributed by atoms with Gasteiger partial charge in [-0.2, -0.15) is 0 Å². The van der Waals surface area contributed by atoms with Crippen molar-refractivity contribution in [3.8, 4) is 0 Å². The quantitative estimate of drug-likeness (QED) is 0.0557. The van der Waals surface area contributed by atoms with Crippen LogP contribution >= 0.6 is 0 Å². The molecule has 0 aliphatic heterocycles. The van der Waals surface area contributed by atoms with Gasteiger partial charge in [0, 0.05) is 5.39 Å². The number of unbranched alkanes of at least 4 members (excludes halogenated alkanes) is 22. The molecule has 0 saturated heterocycles. The number of fused-ring (bicyclic) bond motifs is 1. The zero-order valence-electron chi connectivity index (χ0n) is 28.4. The number of hydrogen-bond acceptors (Lipinski definition) is 3. The predicted molar refractivity (Wildman–Crippen MR) is 181 cm³/mol. The van der Waals surface area contributed by atoms with Crippen molar-refractivity contribution >= 4 is 20.9 Å². The molecule has 2 aromatic rings. The Bertz CT molecular complexity index is 1070. The van der Waals surface area contributed by atoms with Crippen LogP contribution in [0, 0.1) is 0 Å². The van der Waals surface area contributed by atoms with Crippen LogP contribution in [0.4, 0.5) is 0 Å². The van der Waals surface area contributed by atoms with Gasteiger partial charge in [0.05, 0.1) is 4.90 Å². The molecule has 0 saturated carbocycles. The maximum Gasteiger partial charge on any atom is 1.00 e. The minimum absolute atomic E-state index is 0. The molecule has 0 unspecified atom stereocenters. The molecule has 0 N–H and O–H groups in total. The fraction of sp³-hybridized carbons (Fsp3) is 0.737. The predicted octanol–water partition coefficient (Wildman–Crippen LogP) is 9.24. The van der Waals surface area contributed by atoms with E-state index in [4.69, 9.17) is 0 Å². The summed E-state index contributed by atoms with van der Waals surface area (Å²) in [5.41, 5.74) is 1.98. The molecule has 0 radical (unpaired) electrons. The molecule has 3 nitrogen and oxygen atoms in total. The summed E-state index contributed by atoms with van der Waals surface area (Å²) in [6.07, 6.45) is 32.9. The molecule has 0 spiro atoms. The third-order valence-electron chi connectivity index (χ3n) is 8.97. The van der Waals surface area contributed by atoms with E-state index >= 15 is 0 Å². The average Bonchev–Trinajstić information content (AvgIpc) is 2.97. The largest absolute Gasteiger partial charge is 1.00 e. The van der Waals surface area contributed by atoms with Crippen LogP contribution in [0.5, 0.6) is 0 Å². The van der Waals surface area contributed by atoms with Crippen molar-refractivity contribution in [1.29, 1.82) is 0 Å². The van der Waals surface area contributed by atoms with Gasteiger partial charge in [0.1, 0.15) is 10.1 Å². The Morgan fingerprint density at radius 3 is 1.35 bits per heavy atom. The van der Waals surface area contributed by atoms with Gasteiger partial charge in [-0.3, -0.25) is 0 Å². The number of hydrogen-bond donors (Lipinski definition) is 0. The summed E-state index contributed by atoms with van der Waals surface area (Å²) in [4.78, 5) is -0.0107. The van der Waals surface area contributed by atoms with E-state index in [0.29, 0.717) is 5.39 Å². The molecule has 240 valence electrons. The van der Waals surface area contributed by atoms with E-state index in [1.807, 2.05) is 18.2 Å². The zero-order valence-corrected chi connectivity index (χ0v) is 32.3. The van der Waals surface area contributed by atoms with E-state index in [1.165, 1.54) is 128 Å². The molecule has 0 fully saturated rings. The first-order chi connectivity index (χ1) is 20.5. The molecule has 0 aliphatic rings. The fourth-order valence-corrected chi connectivity index (χ4v) is 7.19. The van der Waals surface area contributed by atoms with Crippen molar-refractivity contribution in [2.24, 2.45) is 0 Å². The minimum atomic E-state index is -4.54. The Hall–Kier alpha value is 0.246. The topological polar surface area (TPSA) is 57.2 Å². The van der Waals surface area contributed by atoms with Crippen LogP contribution in [0.15, 0.2) is 35.2 Å². The molecule has 2 rings (SSSR count). The smallest absolute Gasteiger partial charge is 0.744 e. The van der Waals surface area contributed by atoms with Crippen LogP contribution in [-0.2, 0) is 23.0 Å². The summed E-state index contributed by atoms with van der Waals surface area (Å²) in [5.74, 6) is 0. The zero-order chi connectivity index (χ0) is 30.3. The molecule has 0 amide bonds. The number of benzene rings is 2. The second-order valence-electron chi connectivity index (χ2n) is 12.8. The molecule has 2 aromatic carbocycles. The van der Waals surface area contributed by atoms with E-state index in [9.17, 15) is 13.0 Å². The van der Waals surface area contributed by atoms with Crippen molar-refractivity contribution < 1.29 is 64.4 Å². The van der Waals surface area contributed by atoms with Crippen LogP contribution in [-0.4, -0.2) is 13.0 Å². The SMILES string of the molecule is CCCCCCCCCCCCCCc1cc(S(=O)(=O)[O-])c2c(CCCCCCCCCCCCCC)cccc2c1.[K+]. The molecule has 0 bridgehead atoms. The maximum absolute atomic E-state index is 12.3. The Morgan fingerprint density at radius 2 is 0.930 bits per heavy atom. The van der Waals surface area contributed by atoms with E-state index < -0.39 is 10.1 Å². The van der Waals surface area contributed by atoms with Gasteiger partial charge in [0.25, 0.3) is 0 Å². The summed E-state index contributed by atoms with van der Waals surface area (Å²) in [7, 11) is -4.54. The summed E-state index contributed by atoms with van der Waals surface area (Å²) in [6.45, 7) is 4.53. The normalized spacial score (nSPS) is 11.7. The van der Waals surface area contributed by atoms with Crippen LogP contribution in [0.3, 0.4) is 0 Å². The van der Waals surface area contributed by atoms with Gasteiger partial charge in [-0.15, -0.1) is 0 Å². The third kappa shape index (κ3) is 18.9. The van der Waals surface area contributed by atoms with Crippen LogP contribution < -0.4 is 51.4 Å². The molecule has 0 heterocycles. The molecular weight excluding hydrogens is 576 g/mol. The minimum Gasteiger partial charge on any atom is -0.744 e. The average molecular weight is 639 g/mol. The van der Waals surface area contributed by atoms with E-state index in [0.717, 1.165) is 55.0 Å².